The van der Waals surface area contributed by atoms with Crippen molar-refractivity contribution in [2.75, 3.05) is 24.7 Å². The first-order valence-electron chi connectivity index (χ1n) is 7.16. The Labute approximate surface area is 134 Å². The molecule has 0 radical (unpaired) electrons. The lowest BCUT2D eigenvalue weighted by Gasteiger charge is -2.37. The monoisotopic (exact) mass is 355 g/mol. The van der Waals surface area contributed by atoms with Gasteiger partial charge in [0.1, 0.15) is 6.04 Å². The number of ether oxygens (including phenoxy) is 1. The van der Waals surface area contributed by atoms with Gasteiger partial charge in [0.15, 0.2) is 0 Å². The number of carbonyl (C=O) groups excluding carboxylic acids is 1. The molecule has 1 heterocycles. The van der Waals surface area contributed by atoms with Crippen LogP contribution < -0.4 is 16.0 Å². The molecule has 1 unspecified atom stereocenters. The predicted octanol–water partition coefficient (Wildman–Crippen LogP) is 1.64. The first-order valence-corrected chi connectivity index (χ1v) is 7.95. The van der Waals surface area contributed by atoms with Gasteiger partial charge in [-0.3, -0.25) is 4.79 Å². The van der Waals surface area contributed by atoms with Crippen LogP contribution in [-0.2, 0) is 16.1 Å². The number of amides is 1. The van der Waals surface area contributed by atoms with Crippen LogP contribution in [0.3, 0.4) is 0 Å². The molecular formula is C15H22BrN3O2. The molecule has 1 aromatic rings. The molecule has 1 aliphatic heterocycles. The van der Waals surface area contributed by atoms with Crippen molar-refractivity contribution in [2.45, 2.75) is 32.5 Å². The van der Waals surface area contributed by atoms with E-state index in [-0.39, 0.29) is 18.0 Å². The highest BCUT2D eigenvalue weighted by molar-refractivity contribution is 9.10. The van der Waals surface area contributed by atoms with E-state index < -0.39 is 0 Å². The smallest absolute Gasteiger partial charge is 0.245 e. The quantitative estimate of drug-likeness (QED) is 0.861. The van der Waals surface area contributed by atoms with Gasteiger partial charge in [0.25, 0.3) is 0 Å². The number of nitrogens with one attached hydrogen (secondary N) is 1. The summed E-state index contributed by atoms with van der Waals surface area (Å²) in [6.45, 7) is 6.05. The Balaban J connectivity index is 2.28. The van der Waals surface area contributed by atoms with Crippen LogP contribution in [-0.4, -0.2) is 37.7 Å². The maximum absolute atomic E-state index is 12.4. The fourth-order valence-electron chi connectivity index (χ4n) is 2.49. The standard InChI is InChI=1S/C15H22BrN3O2/c1-10(2)18-15(20)14-9-21-6-5-19(14)13-4-3-12(16)7-11(13)8-17/h3-4,7,10,14H,5-6,8-9,17H2,1-2H3,(H,18,20). The summed E-state index contributed by atoms with van der Waals surface area (Å²) in [5, 5.41) is 2.96. The fraction of sp³-hybridized carbons (Fsp3) is 0.533. The molecule has 21 heavy (non-hydrogen) atoms. The van der Waals surface area contributed by atoms with Crippen molar-refractivity contribution >= 4 is 27.5 Å². The zero-order valence-electron chi connectivity index (χ0n) is 12.4. The van der Waals surface area contributed by atoms with Crippen molar-refractivity contribution in [3.63, 3.8) is 0 Å². The number of anilines is 1. The molecule has 6 heteroatoms. The lowest BCUT2D eigenvalue weighted by molar-refractivity contribution is -0.125. The SMILES string of the molecule is CC(C)NC(=O)C1COCCN1c1ccc(Br)cc1CN. The van der Waals surface area contributed by atoms with Crippen molar-refractivity contribution in [3.8, 4) is 0 Å². The highest BCUT2D eigenvalue weighted by atomic mass is 79.9. The number of benzene rings is 1. The van der Waals surface area contributed by atoms with Crippen LogP contribution in [0.5, 0.6) is 0 Å². The molecule has 0 spiro atoms. The molecule has 1 saturated heterocycles. The van der Waals surface area contributed by atoms with Gasteiger partial charge >= 0.3 is 0 Å². The fourth-order valence-corrected chi connectivity index (χ4v) is 2.90. The largest absolute Gasteiger partial charge is 0.377 e. The first kappa shape index (κ1) is 16.3. The predicted molar refractivity (Wildman–Crippen MR) is 87.3 cm³/mol. The highest BCUT2D eigenvalue weighted by Crippen LogP contribution is 2.27. The Morgan fingerprint density at radius 1 is 1.57 bits per heavy atom. The lowest BCUT2D eigenvalue weighted by atomic mass is 10.1. The van der Waals surface area contributed by atoms with E-state index in [0.717, 1.165) is 15.7 Å². The lowest BCUT2D eigenvalue weighted by Crippen LogP contribution is -2.55. The Kier molecular flexibility index (Phi) is 5.61. The Morgan fingerprint density at radius 2 is 2.33 bits per heavy atom. The van der Waals surface area contributed by atoms with Crippen LogP contribution in [0.15, 0.2) is 22.7 Å². The maximum Gasteiger partial charge on any atom is 0.245 e. The van der Waals surface area contributed by atoms with Crippen molar-refractivity contribution in [2.24, 2.45) is 5.73 Å². The number of nitrogens with zero attached hydrogens (tertiary/aromatic N) is 1. The topological polar surface area (TPSA) is 67.6 Å². The molecule has 1 aromatic carbocycles. The number of hydrogen-bond donors (Lipinski definition) is 2. The summed E-state index contributed by atoms with van der Waals surface area (Å²) >= 11 is 3.46. The van der Waals surface area contributed by atoms with E-state index in [1.807, 2.05) is 32.0 Å². The third-order valence-corrected chi connectivity index (χ3v) is 3.93. The van der Waals surface area contributed by atoms with Gasteiger partial charge in [0.05, 0.1) is 13.2 Å². The number of morpholine rings is 1. The summed E-state index contributed by atoms with van der Waals surface area (Å²) in [5.41, 5.74) is 7.88. The molecular weight excluding hydrogens is 334 g/mol. The molecule has 3 N–H and O–H groups in total. The summed E-state index contributed by atoms with van der Waals surface area (Å²) in [7, 11) is 0. The molecule has 1 atom stereocenters. The van der Waals surface area contributed by atoms with E-state index in [1.165, 1.54) is 0 Å². The Hall–Kier alpha value is -1.11. The molecule has 0 aromatic heterocycles. The van der Waals surface area contributed by atoms with Crippen LogP contribution in [0, 0.1) is 0 Å². The van der Waals surface area contributed by atoms with Crippen LogP contribution in [0.1, 0.15) is 19.4 Å². The van der Waals surface area contributed by atoms with Crippen LogP contribution in [0.2, 0.25) is 0 Å². The molecule has 1 fully saturated rings. The third kappa shape index (κ3) is 3.96. The van der Waals surface area contributed by atoms with E-state index >= 15 is 0 Å². The van der Waals surface area contributed by atoms with E-state index in [1.54, 1.807) is 0 Å². The average Bonchev–Trinajstić information content (AvgIpc) is 2.46. The molecule has 0 aliphatic carbocycles. The summed E-state index contributed by atoms with van der Waals surface area (Å²) in [5.74, 6) is -0.00408. The van der Waals surface area contributed by atoms with Gasteiger partial charge in [0.2, 0.25) is 5.91 Å². The second kappa shape index (κ2) is 7.24. The van der Waals surface area contributed by atoms with Crippen molar-refractivity contribution in [3.05, 3.63) is 28.2 Å². The first-order chi connectivity index (χ1) is 10.0. The number of rotatable bonds is 4. The van der Waals surface area contributed by atoms with E-state index in [0.29, 0.717) is 26.3 Å². The van der Waals surface area contributed by atoms with Gasteiger partial charge in [0, 0.05) is 29.3 Å². The van der Waals surface area contributed by atoms with E-state index in [9.17, 15) is 4.79 Å². The molecule has 0 bridgehead atoms. The van der Waals surface area contributed by atoms with E-state index in [2.05, 4.69) is 26.1 Å². The normalized spacial score (nSPS) is 18.9. The minimum Gasteiger partial charge on any atom is -0.377 e. The maximum atomic E-state index is 12.4. The molecule has 0 saturated carbocycles. The van der Waals surface area contributed by atoms with Gasteiger partial charge < -0.3 is 20.7 Å². The minimum absolute atomic E-state index is 0.00408. The van der Waals surface area contributed by atoms with Crippen LogP contribution >= 0.6 is 15.9 Å². The molecule has 116 valence electrons. The number of halogens is 1. The summed E-state index contributed by atoms with van der Waals surface area (Å²) in [6, 6.07) is 5.78. The summed E-state index contributed by atoms with van der Waals surface area (Å²) < 4.78 is 6.48. The minimum atomic E-state index is -0.312. The number of carbonyl (C=O) groups is 1. The average molecular weight is 356 g/mol. The second-order valence-corrected chi connectivity index (χ2v) is 6.34. The summed E-state index contributed by atoms with van der Waals surface area (Å²) in [6.07, 6.45) is 0. The molecule has 1 amide bonds. The summed E-state index contributed by atoms with van der Waals surface area (Å²) in [4.78, 5) is 14.5. The van der Waals surface area contributed by atoms with Crippen LogP contribution in [0.4, 0.5) is 5.69 Å². The van der Waals surface area contributed by atoms with Crippen molar-refractivity contribution in [1.29, 1.82) is 0 Å². The van der Waals surface area contributed by atoms with E-state index in [4.69, 9.17) is 10.5 Å². The van der Waals surface area contributed by atoms with Gasteiger partial charge in [-0.2, -0.15) is 0 Å². The van der Waals surface area contributed by atoms with Gasteiger partial charge in [-0.1, -0.05) is 15.9 Å². The highest BCUT2D eigenvalue weighted by Gasteiger charge is 2.30. The van der Waals surface area contributed by atoms with Gasteiger partial charge in [-0.05, 0) is 37.6 Å². The van der Waals surface area contributed by atoms with Gasteiger partial charge in [-0.25, -0.2) is 0 Å². The van der Waals surface area contributed by atoms with Crippen molar-refractivity contribution in [1.82, 2.24) is 5.32 Å². The third-order valence-electron chi connectivity index (χ3n) is 3.43. The van der Waals surface area contributed by atoms with Crippen LogP contribution in [0.25, 0.3) is 0 Å². The molecule has 2 rings (SSSR count). The zero-order chi connectivity index (χ0) is 15.4. The Morgan fingerprint density at radius 3 is 3.00 bits per heavy atom. The second-order valence-electron chi connectivity index (χ2n) is 5.42. The Bertz CT molecular complexity index is 508. The van der Waals surface area contributed by atoms with Crippen molar-refractivity contribution < 1.29 is 9.53 Å². The molecule has 5 nitrogen and oxygen atoms in total. The molecule has 1 aliphatic rings. The number of hydrogen-bond acceptors (Lipinski definition) is 4. The zero-order valence-corrected chi connectivity index (χ0v) is 14.0. The number of nitrogens with two attached hydrogens (primary N) is 1. The van der Waals surface area contributed by atoms with Gasteiger partial charge in [-0.15, -0.1) is 0 Å².